The van der Waals surface area contributed by atoms with Crippen molar-refractivity contribution in [2.24, 2.45) is 5.92 Å². The van der Waals surface area contributed by atoms with Crippen LogP contribution >= 0.6 is 11.3 Å². The van der Waals surface area contributed by atoms with Crippen LogP contribution in [0, 0.1) is 11.7 Å². The molecule has 4 nitrogen and oxygen atoms in total. The minimum atomic E-state index is -0.343. The highest BCUT2D eigenvalue weighted by Gasteiger charge is 2.36. The molecule has 1 aromatic heterocycles. The number of ether oxygens (including phenoxy) is 1. The molecule has 2 aromatic rings. The average Bonchev–Trinajstić information content (AvgIpc) is 3.17. The van der Waals surface area contributed by atoms with Crippen molar-refractivity contribution in [3.8, 4) is 16.3 Å². The van der Waals surface area contributed by atoms with E-state index in [2.05, 4.69) is 4.98 Å². The smallest absolute Gasteiger partial charge is 0.273 e. The Bertz CT molecular complexity index is 805. The van der Waals surface area contributed by atoms with Crippen LogP contribution in [0.3, 0.4) is 0 Å². The van der Waals surface area contributed by atoms with Gasteiger partial charge in [0.25, 0.3) is 5.91 Å². The molecule has 0 bridgehead atoms. The van der Waals surface area contributed by atoms with Crippen LogP contribution in [0.5, 0.6) is 5.75 Å². The summed E-state index contributed by atoms with van der Waals surface area (Å²) in [4.78, 5) is 19.6. The zero-order valence-electron chi connectivity index (χ0n) is 14.9. The fourth-order valence-corrected chi connectivity index (χ4v) is 5.18. The van der Waals surface area contributed by atoms with Crippen molar-refractivity contribution in [2.45, 2.75) is 44.6 Å². The summed E-state index contributed by atoms with van der Waals surface area (Å²) < 4.78 is 19.0. The van der Waals surface area contributed by atoms with Crippen molar-refractivity contribution in [1.29, 1.82) is 0 Å². The number of aromatic nitrogens is 1. The predicted molar refractivity (Wildman–Crippen MR) is 100 cm³/mol. The number of rotatable bonds is 3. The monoisotopic (exact) mass is 374 g/mol. The lowest BCUT2D eigenvalue weighted by molar-refractivity contribution is 0.0386. The van der Waals surface area contributed by atoms with E-state index in [9.17, 15) is 9.18 Å². The van der Waals surface area contributed by atoms with Crippen LogP contribution in [0.15, 0.2) is 23.6 Å². The topological polar surface area (TPSA) is 42.4 Å². The molecule has 2 fully saturated rings. The van der Waals surface area contributed by atoms with E-state index < -0.39 is 0 Å². The zero-order valence-corrected chi connectivity index (χ0v) is 15.7. The van der Waals surface area contributed by atoms with Gasteiger partial charge < -0.3 is 9.64 Å². The Hall–Kier alpha value is -1.95. The van der Waals surface area contributed by atoms with Crippen molar-refractivity contribution in [3.63, 3.8) is 0 Å². The number of amides is 1. The van der Waals surface area contributed by atoms with Gasteiger partial charge in [0.15, 0.2) is 0 Å². The first-order valence-corrected chi connectivity index (χ1v) is 10.2. The molecule has 2 heterocycles. The minimum absolute atomic E-state index is 0.0134. The van der Waals surface area contributed by atoms with Gasteiger partial charge in [0.1, 0.15) is 22.3 Å². The van der Waals surface area contributed by atoms with Gasteiger partial charge in [-0.2, -0.15) is 0 Å². The van der Waals surface area contributed by atoms with E-state index in [-0.39, 0.29) is 11.7 Å². The highest BCUT2D eigenvalue weighted by atomic mass is 32.1. The molecule has 1 saturated carbocycles. The van der Waals surface area contributed by atoms with E-state index in [1.807, 2.05) is 4.90 Å². The number of nitrogens with zero attached hydrogens (tertiary/aromatic N) is 2. The van der Waals surface area contributed by atoms with Gasteiger partial charge in [-0.3, -0.25) is 4.79 Å². The van der Waals surface area contributed by atoms with E-state index in [4.69, 9.17) is 4.74 Å². The van der Waals surface area contributed by atoms with Crippen LogP contribution in [0.4, 0.5) is 4.39 Å². The number of carbonyl (C=O) groups excluding carboxylic acids is 1. The Morgan fingerprint density at radius 3 is 2.92 bits per heavy atom. The second kappa shape index (κ2) is 7.35. The van der Waals surface area contributed by atoms with Crippen molar-refractivity contribution >= 4 is 17.2 Å². The number of thiazole rings is 1. The predicted octanol–water partition coefficient (Wildman–Crippen LogP) is 4.75. The van der Waals surface area contributed by atoms with Crippen molar-refractivity contribution < 1.29 is 13.9 Å². The largest absolute Gasteiger partial charge is 0.496 e. The molecule has 1 aliphatic heterocycles. The number of hydrogen-bond acceptors (Lipinski definition) is 4. The molecule has 0 N–H and O–H groups in total. The summed E-state index contributed by atoms with van der Waals surface area (Å²) in [5.41, 5.74) is 1.05. The Morgan fingerprint density at radius 1 is 1.27 bits per heavy atom. The third kappa shape index (κ3) is 3.22. The van der Waals surface area contributed by atoms with Crippen molar-refractivity contribution in [1.82, 2.24) is 9.88 Å². The zero-order chi connectivity index (χ0) is 18.1. The second-order valence-electron chi connectivity index (χ2n) is 7.14. The van der Waals surface area contributed by atoms with Gasteiger partial charge in [-0.15, -0.1) is 11.3 Å². The maximum atomic E-state index is 13.7. The van der Waals surface area contributed by atoms with Gasteiger partial charge in [-0.05, 0) is 49.8 Å². The summed E-state index contributed by atoms with van der Waals surface area (Å²) in [5, 5.41) is 2.40. The lowest BCUT2D eigenvalue weighted by Crippen LogP contribution is -2.49. The standard InChI is InChI=1S/C20H23FN2O2S/c1-25-18-9-8-14(21)11-15(18)19-22-16(12-26-19)20(24)23-10-4-6-13-5-2-3-7-17(13)23/h8-9,11-13,17H,2-7,10H2,1H3. The Morgan fingerprint density at radius 2 is 2.08 bits per heavy atom. The molecule has 1 aliphatic carbocycles. The molecule has 26 heavy (non-hydrogen) atoms. The molecule has 1 saturated heterocycles. The van der Waals surface area contributed by atoms with Gasteiger partial charge in [0.05, 0.1) is 12.7 Å². The number of likely N-dealkylation sites (tertiary alicyclic amines) is 1. The van der Waals surface area contributed by atoms with Crippen LogP contribution in [0.2, 0.25) is 0 Å². The Balaban J connectivity index is 1.60. The normalized spacial score (nSPS) is 22.8. The molecular weight excluding hydrogens is 351 g/mol. The number of halogens is 1. The highest BCUT2D eigenvalue weighted by Crippen LogP contribution is 2.37. The first-order chi connectivity index (χ1) is 12.7. The summed E-state index contributed by atoms with van der Waals surface area (Å²) in [6, 6.07) is 4.71. The lowest BCUT2D eigenvalue weighted by atomic mass is 9.78. The first-order valence-electron chi connectivity index (χ1n) is 9.28. The third-order valence-electron chi connectivity index (χ3n) is 5.62. The number of fused-ring (bicyclic) bond motifs is 1. The maximum Gasteiger partial charge on any atom is 0.273 e. The first kappa shape index (κ1) is 17.5. The number of benzene rings is 1. The molecule has 1 amide bonds. The van der Waals surface area contributed by atoms with E-state index >= 15 is 0 Å². The molecule has 0 radical (unpaired) electrons. The van der Waals surface area contributed by atoms with E-state index in [1.54, 1.807) is 18.6 Å². The molecule has 2 atom stereocenters. The average molecular weight is 374 g/mol. The number of carbonyl (C=O) groups is 1. The molecule has 1 aromatic carbocycles. The summed E-state index contributed by atoms with van der Waals surface area (Å²) in [7, 11) is 1.55. The molecule has 2 aliphatic rings. The van der Waals surface area contributed by atoms with E-state index in [1.165, 1.54) is 49.2 Å². The molecule has 4 rings (SSSR count). The highest BCUT2D eigenvalue weighted by molar-refractivity contribution is 7.13. The van der Waals surface area contributed by atoms with E-state index in [0.717, 1.165) is 19.4 Å². The fourth-order valence-electron chi connectivity index (χ4n) is 4.37. The summed E-state index contributed by atoms with van der Waals surface area (Å²) >= 11 is 1.36. The van der Waals surface area contributed by atoms with Crippen LogP contribution in [0.1, 0.15) is 49.0 Å². The Labute approximate surface area is 157 Å². The molecular formula is C20H23FN2O2S. The van der Waals surface area contributed by atoms with Gasteiger partial charge in [0, 0.05) is 18.0 Å². The molecule has 2 unspecified atom stereocenters. The number of piperidine rings is 1. The van der Waals surface area contributed by atoms with Gasteiger partial charge in [0.2, 0.25) is 0 Å². The molecule has 138 valence electrons. The molecule has 6 heteroatoms. The van der Waals surface area contributed by atoms with Crippen LogP contribution in [-0.4, -0.2) is 35.5 Å². The Kier molecular flexibility index (Phi) is 4.94. The maximum absolute atomic E-state index is 13.7. The van der Waals surface area contributed by atoms with Crippen molar-refractivity contribution in [2.75, 3.05) is 13.7 Å². The van der Waals surface area contributed by atoms with Gasteiger partial charge in [-0.25, -0.2) is 9.37 Å². The molecule has 0 spiro atoms. The summed E-state index contributed by atoms with van der Waals surface area (Å²) in [5.74, 6) is 0.873. The number of methoxy groups -OCH3 is 1. The minimum Gasteiger partial charge on any atom is -0.496 e. The van der Waals surface area contributed by atoms with Gasteiger partial charge >= 0.3 is 0 Å². The third-order valence-corrected chi connectivity index (χ3v) is 6.49. The van der Waals surface area contributed by atoms with E-state index in [0.29, 0.717) is 34.0 Å². The fraction of sp³-hybridized carbons (Fsp3) is 0.500. The van der Waals surface area contributed by atoms with Crippen molar-refractivity contribution in [3.05, 3.63) is 35.1 Å². The summed E-state index contributed by atoms with van der Waals surface area (Å²) in [6.45, 7) is 0.816. The lowest BCUT2D eigenvalue weighted by Gasteiger charge is -2.43. The SMILES string of the molecule is COc1ccc(F)cc1-c1nc(C(=O)N2CCCC3CCCCC32)cs1. The summed E-state index contributed by atoms with van der Waals surface area (Å²) in [6.07, 6.45) is 7.12. The number of hydrogen-bond donors (Lipinski definition) is 0. The van der Waals surface area contributed by atoms with Crippen LogP contribution in [0.25, 0.3) is 10.6 Å². The van der Waals surface area contributed by atoms with Crippen LogP contribution < -0.4 is 4.74 Å². The quantitative estimate of drug-likeness (QED) is 0.778. The van der Waals surface area contributed by atoms with Gasteiger partial charge in [-0.1, -0.05) is 12.8 Å². The second-order valence-corrected chi connectivity index (χ2v) is 7.99. The van der Waals surface area contributed by atoms with Crippen LogP contribution in [-0.2, 0) is 0 Å².